The lowest BCUT2D eigenvalue weighted by molar-refractivity contribution is -0.118. The number of hydrogen-bond acceptors (Lipinski definition) is 4. The van der Waals surface area contributed by atoms with Crippen LogP contribution in [0.2, 0.25) is 0 Å². The van der Waals surface area contributed by atoms with Crippen LogP contribution in [0, 0.1) is 11.3 Å². The number of hydrogen-bond donors (Lipinski definition) is 2. The first-order valence-electron chi connectivity index (χ1n) is 8.25. The number of rotatable bonds is 8. The molecule has 0 heterocycles. The Morgan fingerprint density at radius 3 is 2.42 bits per heavy atom. The van der Waals surface area contributed by atoms with Crippen LogP contribution in [-0.2, 0) is 11.2 Å². The van der Waals surface area contributed by atoms with Crippen LogP contribution in [0.1, 0.15) is 22.3 Å². The van der Waals surface area contributed by atoms with E-state index in [1.54, 1.807) is 60.3 Å². The summed E-state index contributed by atoms with van der Waals surface area (Å²) in [5, 5.41) is 14.3. The van der Waals surface area contributed by atoms with E-state index in [0.29, 0.717) is 24.1 Å². The second kappa shape index (κ2) is 10.3. The molecule has 2 rings (SSSR count). The van der Waals surface area contributed by atoms with Crippen molar-refractivity contribution in [3.63, 3.8) is 0 Å². The Bertz CT molecular complexity index is 770. The van der Waals surface area contributed by atoms with Crippen LogP contribution in [0.4, 0.5) is 5.69 Å². The Hall–Kier alpha value is -2.78. The van der Waals surface area contributed by atoms with E-state index in [4.69, 9.17) is 5.26 Å². The molecule has 0 spiro atoms. The number of amides is 2. The molecule has 0 fully saturated rings. The van der Waals surface area contributed by atoms with Crippen molar-refractivity contribution in [1.82, 2.24) is 5.32 Å². The third-order valence-electron chi connectivity index (χ3n) is 3.77. The number of anilines is 1. The van der Waals surface area contributed by atoms with Gasteiger partial charge in [-0.1, -0.05) is 30.3 Å². The topological polar surface area (TPSA) is 82.0 Å². The number of carbonyl (C=O) groups excluding carboxylic acids is 2. The summed E-state index contributed by atoms with van der Waals surface area (Å²) in [6.07, 6.45) is 2.83. The maximum absolute atomic E-state index is 12.6. The molecule has 5 nitrogen and oxygen atoms in total. The molecule has 0 unspecified atom stereocenters. The fourth-order valence-electron chi connectivity index (χ4n) is 2.36. The van der Waals surface area contributed by atoms with Crippen LogP contribution in [0.5, 0.6) is 0 Å². The van der Waals surface area contributed by atoms with E-state index >= 15 is 0 Å². The SMILES string of the molecule is CSCC[C@H](NC(=O)c1ccccc1)C(=O)Nc1ccc(CC#N)cc1. The highest BCUT2D eigenvalue weighted by molar-refractivity contribution is 7.98. The Balaban J connectivity index is 2.03. The average Bonchev–Trinajstić information content (AvgIpc) is 2.67. The molecule has 6 heteroatoms. The van der Waals surface area contributed by atoms with Gasteiger partial charge in [0.05, 0.1) is 12.5 Å². The molecule has 0 bridgehead atoms. The quantitative estimate of drug-likeness (QED) is 0.750. The van der Waals surface area contributed by atoms with Crippen molar-refractivity contribution in [2.24, 2.45) is 0 Å². The van der Waals surface area contributed by atoms with Crippen molar-refractivity contribution < 1.29 is 9.59 Å². The van der Waals surface area contributed by atoms with Gasteiger partial charge >= 0.3 is 0 Å². The largest absolute Gasteiger partial charge is 0.340 e. The second-order valence-corrected chi connectivity index (χ2v) is 6.68. The van der Waals surface area contributed by atoms with Crippen LogP contribution >= 0.6 is 11.8 Å². The zero-order valence-electron chi connectivity index (χ0n) is 14.6. The number of nitrogens with one attached hydrogen (secondary N) is 2. The molecule has 0 saturated heterocycles. The van der Waals surface area contributed by atoms with Gasteiger partial charge in [-0.15, -0.1) is 0 Å². The minimum absolute atomic E-state index is 0.253. The van der Waals surface area contributed by atoms with Gasteiger partial charge in [-0.25, -0.2) is 0 Å². The molecular weight excluding hydrogens is 346 g/mol. The van der Waals surface area contributed by atoms with Crippen molar-refractivity contribution in [3.05, 3.63) is 65.7 Å². The maximum Gasteiger partial charge on any atom is 0.251 e. The highest BCUT2D eigenvalue weighted by atomic mass is 32.2. The molecule has 0 aliphatic rings. The Morgan fingerprint density at radius 2 is 1.81 bits per heavy atom. The van der Waals surface area contributed by atoms with Crippen molar-refractivity contribution in [1.29, 1.82) is 5.26 Å². The van der Waals surface area contributed by atoms with Crippen molar-refractivity contribution in [3.8, 4) is 6.07 Å². The number of nitrogens with zero attached hydrogens (tertiary/aromatic N) is 1. The molecular formula is C20H21N3O2S. The lowest BCUT2D eigenvalue weighted by Gasteiger charge is -2.18. The zero-order valence-corrected chi connectivity index (χ0v) is 15.4. The first kappa shape index (κ1) is 19.5. The van der Waals surface area contributed by atoms with E-state index in [9.17, 15) is 9.59 Å². The zero-order chi connectivity index (χ0) is 18.8. The van der Waals surface area contributed by atoms with E-state index in [0.717, 1.165) is 11.3 Å². The maximum atomic E-state index is 12.6. The fraction of sp³-hybridized carbons (Fsp3) is 0.250. The van der Waals surface area contributed by atoms with E-state index < -0.39 is 6.04 Å². The van der Waals surface area contributed by atoms with Crippen LogP contribution in [-0.4, -0.2) is 29.9 Å². The van der Waals surface area contributed by atoms with Crippen molar-refractivity contribution in [2.75, 3.05) is 17.3 Å². The number of benzene rings is 2. The van der Waals surface area contributed by atoms with Gasteiger partial charge in [-0.05, 0) is 48.3 Å². The summed E-state index contributed by atoms with van der Waals surface area (Å²) >= 11 is 1.62. The first-order chi connectivity index (χ1) is 12.6. The smallest absolute Gasteiger partial charge is 0.251 e. The normalized spacial score (nSPS) is 11.2. The predicted molar refractivity (Wildman–Crippen MR) is 105 cm³/mol. The molecule has 134 valence electrons. The Morgan fingerprint density at radius 1 is 1.12 bits per heavy atom. The third-order valence-corrected chi connectivity index (χ3v) is 4.42. The summed E-state index contributed by atoms with van der Waals surface area (Å²) in [7, 11) is 0. The average molecular weight is 367 g/mol. The minimum Gasteiger partial charge on any atom is -0.340 e. The van der Waals surface area contributed by atoms with Crippen LogP contribution in [0.25, 0.3) is 0 Å². The molecule has 0 aliphatic heterocycles. The van der Waals surface area contributed by atoms with E-state index in [-0.39, 0.29) is 11.8 Å². The summed E-state index contributed by atoms with van der Waals surface area (Å²) in [5.41, 5.74) is 2.05. The number of nitriles is 1. The molecule has 0 radical (unpaired) electrons. The Kier molecular flexibility index (Phi) is 7.72. The second-order valence-electron chi connectivity index (χ2n) is 5.69. The van der Waals surface area contributed by atoms with Gasteiger partial charge in [0.25, 0.3) is 5.91 Å². The number of carbonyl (C=O) groups is 2. The standard InChI is InChI=1S/C20H21N3O2S/c1-26-14-12-18(23-19(24)16-5-3-2-4-6-16)20(25)22-17-9-7-15(8-10-17)11-13-21/h2-10,18H,11-12,14H2,1H3,(H,22,25)(H,23,24)/t18-/m0/s1. The highest BCUT2D eigenvalue weighted by Crippen LogP contribution is 2.12. The Labute approximate surface area is 157 Å². The van der Waals surface area contributed by atoms with Crippen LogP contribution < -0.4 is 10.6 Å². The molecule has 2 N–H and O–H groups in total. The van der Waals surface area contributed by atoms with E-state index in [2.05, 4.69) is 16.7 Å². The van der Waals surface area contributed by atoms with Crippen LogP contribution in [0.3, 0.4) is 0 Å². The molecule has 2 aromatic carbocycles. The molecule has 26 heavy (non-hydrogen) atoms. The predicted octanol–water partition coefficient (Wildman–Crippen LogP) is 3.24. The van der Waals surface area contributed by atoms with Crippen LogP contribution in [0.15, 0.2) is 54.6 Å². The minimum atomic E-state index is -0.617. The van der Waals surface area contributed by atoms with E-state index in [1.165, 1.54) is 0 Å². The van der Waals surface area contributed by atoms with Gasteiger partial charge in [0, 0.05) is 11.3 Å². The summed E-state index contributed by atoms with van der Waals surface area (Å²) in [6, 6.07) is 17.4. The molecule has 1 atom stereocenters. The van der Waals surface area contributed by atoms with Crippen molar-refractivity contribution >= 4 is 29.3 Å². The highest BCUT2D eigenvalue weighted by Gasteiger charge is 2.21. The molecule has 0 aliphatic carbocycles. The molecule has 2 amide bonds. The van der Waals surface area contributed by atoms with E-state index in [1.807, 2.05) is 12.3 Å². The molecule has 2 aromatic rings. The third kappa shape index (κ3) is 5.94. The summed E-state index contributed by atoms with van der Waals surface area (Å²) < 4.78 is 0. The van der Waals surface area contributed by atoms with Gasteiger partial charge in [-0.3, -0.25) is 9.59 Å². The van der Waals surface area contributed by atoms with Gasteiger partial charge in [-0.2, -0.15) is 17.0 Å². The summed E-state index contributed by atoms with van der Waals surface area (Å²) in [6.45, 7) is 0. The number of thioether (sulfide) groups is 1. The van der Waals surface area contributed by atoms with Gasteiger partial charge < -0.3 is 10.6 Å². The van der Waals surface area contributed by atoms with Gasteiger partial charge in [0.1, 0.15) is 6.04 Å². The lowest BCUT2D eigenvalue weighted by Crippen LogP contribution is -2.44. The summed E-state index contributed by atoms with van der Waals surface area (Å²) in [4.78, 5) is 25.0. The molecule has 0 aromatic heterocycles. The van der Waals surface area contributed by atoms with Crippen molar-refractivity contribution in [2.45, 2.75) is 18.9 Å². The lowest BCUT2D eigenvalue weighted by atomic mass is 10.1. The monoisotopic (exact) mass is 367 g/mol. The van der Waals surface area contributed by atoms with Gasteiger partial charge in [0.2, 0.25) is 5.91 Å². The summed E-state index contributed by atoms with van der Waals surface area (Å²) in [5.74, 6) is 0.237. The fourth-order valence-corrected chi connectivity index (χ4v) is 2.83. The van der Waals surface area contributed by atoms with Gasteiger partial charge in [0.15, 0.2) is 0 Å². The molecule has 0 saturated carbocycles. The first-order valence-corrected chi connectivity index (χ1v) is 9.65.